The first kappa shape index (κ1) is 44.7. The van der Waals surface area contributed by atoms with Crippen molar-refractivity contribution in [2.45, 2.75) is 64.4 Å². The van der Waals surface area contributed by atoms with Crippen molar-refractivity contribution < 1.29 is 88.2 Å². The van der Waals surface area contributed by atoms with Crippen LogP contribution in [0, 0.1) is 0 Å². The number of hydrogen-bond donors (Lipinski definition) is 2. The first-order valence-electron chi connectivity index (χ1n) is 17.3. The molecular weight excluding hydrogens is 735 g/mol. The van der Waals surface area contributed by atoms with Gasteiger partial charge in [0.1, 0.15) is 51.2 Å². The summed E-state index contributed by atoms with van der Waals surface area (Å²) in [6.07, 6.45) is -4.29. The van der Waals surface area contributed by atoms with Gasteiger partial charge in [-0.2, -0.15) is 0 Å². The maximum atomic E-state index is 13.2. The molecule has 0 spiro atoms. The first-order valence-corrected chi connectivity index (χ1v) is 17.3. The van der Waals surface area contributed by atoms with Gasteiger partial charge in [0.05, 0.1) is 12.8 Å². The molecule has 0 aliphatic carbocycles. The summed E-state index contributed by atoms with van der Waals surface area (Å²) >= 11 is 0. The molecule has 4 aromatic rings. The number of benzene rings is 4. The first-order chi connectivity index (χ1) is 26.6. The van der Waals surface area contributed by atoms with E-state index < -0.39 is 73.7 Å². The Morgan fingerprint density at radius 3 is 1.16 bits per heavy atom. The predicted molar refractivity (Wildman–Crippen MR) is 196 cm³/mol. The molecule has 0 radical (unpaired) electrons. The average molecular weight is 779 g/mol. The molecular formula is C41H43N2NaO12. The SMILES string of the molecule is CC(COC(=O)[C@H](CC(=O)OCc1ccccc1)NC(=O)OCc1ccccc1)OC(=O)[C@H](CC(=O)OCc1ccccc1)NC(=O)OCc1ccccc1.[H-].[Na+]. The second kappa shape index (κ2) is 24.7. The van der Waals surface area contributed by atoms with Gasteiger partial charge in [0.15, 0.2) is 0 Å². The third-order valence-electron chi connectivity index (χ3n) is 7.58. The normalized spacial score (nSPS) is 11.9. The largest absolute Gasteiger partial charge is 1.00 e. The smallest absolute Gasteiger partial charge is 1.00 e. The molecule has 15 heteroatoms. The Bertz CT molecular complexity index is 1730. The fraction of sp³-hybridized carbons (Fsp3) is 0.268. The average Bonchev–Trinajstić information content (AvgIpc) is 3.20. The summed E-state index contributed by atoms with van der Waals surface area (Å²) in [6.45, 7) is 0.532. The molecule has 0 aromatic heterocycles. The number of esters is 4. The van der Waals surface area contributed by atoms with E-state index in [-0.39, 0.29) is 57.4 Å². The molecule has 3 atom stereocenters. The maximum absolute atomic E-state index is 13.2. The summed E-state index contributed by atoms with van der Waals surface area (Å²) in [6, 6.07) is 32.3. The Morgan fingerprint density at radius 1 is 0.482 bits per heavy atom. The molecule has 4 rings (SSSR count). The van der Waals surface area contributed by atoms with Crippen LogP contribution >= 0.6 is 0 Å². The minimum Gasteiger partial charge on any atom is -1.00 e. The van der Waals surface area contributed by atoms with Crippen molar-refractivity contribution in [1.29, 1.82) is 0 Å². The van der Waals surface area contributed by atoms with E-state index in [2.05, 4.69) is 10.6 Å². The number of amides is 2. The van der Waals surface area contributed by atoms with Gasteiger partial charge in [0.2, 0.25) is 0 Å². The zero-order chi connectivity index (χ0) is 39.3. The summed E-state index contributed by atoms with van der Waals surface area (Å²) < 4.78 is 31.7. The molecule has 0 saturated carbocycles. The molecule has 56 heavy (non-hydrogen) atoms. The third kappa shape index (κ3) is 17.2. The second-order valence-corrected chi connectivity index (χ2v) is 12.1. The topological polar surface area (TPSA) is 182 Å². The molecule has 0 heterocycles. The van der Waals surface area contributed by atoms with Gasteiger partial charge in [0.25, 0.3) is 0 Å². The Hall–Kier alpha value is -5.70. The number of alkyl carbamates (subject to hydrolysis) is 2. The van der Waals surface area contributed by atoms with Gasteiger partial charge in [-0.25, -0.2) is 19.2 Å². The van der Waals surface area contributed by atoms with Crippen molar-refractivity contribution in [2.75, 3.05) is 6.61 Å². The summed E-state index contributed by atoms with van der Waals surface area (Å²) in [7, 11) is 0. The minimum atomic E-state index is -1.53. The number of carbonyl (C=O) groups is 6. The van der Waals surface area contributed by atoms with Gasteiger partial charge < -0.3 is 40.5 Å². The Morgan fingerprint density at radius 2 is 0.804 bits per heavy atom. The Kier molecular flexibility index (Phi) is 19.7. The molecule has 14 nitrogen and oxygen atoms in total. The van der Waals surface area contributed by atoms with Crippen molar-refractivity contribution in [3.63, 3.8) is 0 Å². The van der Waals surface area contributed by atoms with Crippen molar-refractivity contribution in [2.24, 2.45) is 0 Å². The molecule has 290 valence electrons. The standard InChI is InChI=1S/C41H42N2O12.Na.H/c1-29(55-39(47)35(23-37(45)51-26-31-16-8-3-9-17-31)43-41(49)54-28-33-20-12-5-13-21-33)24-52-38(46)34(22-36(44)50-25-30-14-6-2-7-15-30)42-40(48)53-27-32-18-10-4-11-19-32;;/h2-21,29,34-35H,22-28H2,1H3,(H,42,48)(H,43,49);;/q;+1;-1/t29?,34-,35-;;/m0../s1. The van der Waals surface area contributed by atoms with E-state index in [0.717, 1.165) is 0 Å². The van der Waals surface area contributed by atoms with E-state index in [0.29, 0.717) is 22.3 Å². The summed E-state index contributed by atoms with van der Waals surface area (Å²) in [4.78, 5) is 77.1. The quantitative estimate of drug-likeness (QED) is 0.0808. The van der Waals surface area contributed by atoms with Crippen LogP contribution in [-0.2, 0) is 74.0 Å². The van der Waals surface area contributed by atoms with Crippen LogP contribution < -0.4 is 40.2 Å². The fourth-order valence-corrected chi connectivity index (χ4v) is 4.74. The predicted octanol–water partition coefficient (Wildman–Crippen LogP) is 2.43. The van der Waals surface area contributed by atoms with Gasteiger partial charge in [-0.3, -0.25) is 9.59 Å². The molecule has 0 fully saturated rings. The van der Waals surface area contributed by atoms with Gasteiger partial charge in [-0.1, -0.05) is 121 Å². The van der Waals surface area contributed by atoms with E-state index in [4.69, 9.17) is 28.4 Å². The van der Waals surface area contributed by atoms with Crippen LogP contribution in [0.25, 0.3) is 0 Å². The molecule has 1 unspecified atom stereocenters. The molecule has 2 N–H and O–H groups in total. The van der Waals surface area contributed by atoms with E-state index in [9.17, 15) is 28.8 Å². The number of ether oxygens (including phenoxy) is 6. The summed E-state index contributed by atoms with van der Waals surface area (Å²) in [5.41, 5.74) is 2.80. The van der Waals surface area contributed by atoms with Crippen LogP contribution in [0.5, 0.6) is 0 Å². The minimum absolute atomic E-state index is 0. The van der Waals surface area contributed by atoms with Gasteiger partial charge in [-0.05, 0) is 29.2 Å². The summed E-state index contributed by atoms with van der Waals surface area (Å²) in [5.74, 6) is -3.69. The third-order valence-corrected chi connectivity index (χ3v) is 7.58. The number of carbonyl (C=O) groups excluding carboxylic acids is 6. The van der Waals surface area contributed by atoms with Crippen LogP contribution in [0.4, 0.5) is 9.59 Å². The fourth-order valence-electron chi connectivity index (χ4n) is 4.74. The zero-order valence-corrected chi connectivity index (χ0v) is 33.1. The van der Waals surface area contributed by atoms with E-state index in [1.54, 1.807) is 121 Å². The van der Waals surface area contributed by atoms with Crippen LogP contribution in [0.15, 0.2) is 121 Å². The number of rotatable bonds is 19. The second-order valence-electron chi connectivity index (χ2n) is 12.1. The van der Waals surface area contributed by atoms with Crippen molar-refractivity contribution in [1.82, 2.24) is 10.6 Å². The molecule has 0 saturated heterocycles. The van der Waals surface area contributed by atoms with Crippen molar-refractivity contribution in [3.05, 3.63) is 144 Å². The van der Waals surface area contributed by atoms with Crippen LogP contribution in [0.2, 0.25) is 0 Å². The van der Waals surface area contributed by atoms with E-state index in [1.165, 1.54) is 6.92 Å². The van der Waals surface area contributed by atoms with Crippen molar-refractivity contribution >= 4 is 36.1 Å². The van der Waals surface area contributed by atoms with Gasteiger partial charge in [0, 0.05) is 0 Å². The molecule has 2 amide bonds. The van der Waals surface area contributed by atoms with Crippen LogP contribution in [0.3, 0.4) is 0 Å². The maximum Gasteiger partial charge on any atom is 1.00 e. The van der Waals surface area contributed by atoms with Crippen LogP contribution in [-0.4, -0.2) is 60.9 Å². The molecule has 0 aliphatic heterocycles. The van der Waals surface area contributed by atoms with Gasteiger partial charge >= 0.3 is 65.6 Å². The molecule has 0 aliphatic rings. The zero-order valence-electron chi connectivity index (χ0n) is 32.1. The summed E-state index contributed by atoms with van der Waals surface area (Å²) in [5, 5.41) is 4.67. The molecule has 0 bridgehead atoms. The Labute approximate surface area is 347 Å². The number of hydrogen-bond acceptors (Lipinski definition) is 12. The van der Waals surface area contributed by atoms with E-state index >= 15 is 0 Å². The number of nitrogens with one attached hydrogen (secondary N) is 2. The van der Waals surface area contributed by atoms with Crippen molar-refractivity contribution in [3.8, 4) is 0 Å². The Balaban J connectivity index is 0.00000561. The van der Waals surface area contributed by atoms with E-state index in [1.807, 2.05) is 0 Å². The van der Waals surface area contributed by atoms with Gasteiger partial charge in [-0.15, -0.1) is 0 Å². The monoisotopic (exact) mass is 778 g/mol. The van der Waals surface area contributed by atoms with Crippen LogP contribution in [0.1, 0.15) is 43.4 Å². The molecule has 4 aromatic carbocycles.